The van der Waals surface area contributed by atoms with Crippen LogP contribution in [0.5, 0.6) is 0 Å². The number of aromatic nitrogens is 4. The minimum Gasteiger partial charge on any atom is -0.465 e. The van der Waals surface area contributed by atoms with Crippen molar-refractivity contribution in [3.05, 3.63) is 144 Å². The molecule has 2 saturated heterocycles. The number of benzene rings is 4. The quantitative estimate of drug-likeness (QED) is 0.137. The lowest BCUT2D eigenvalue weighted by Gasteiger charge is -2.32. The molecule has 0 aliphatic carbocycles. The summed E-state index contributed by atoms with van der Waals surface area (Å²) in [7, 11) is 1.43. The summed E-state index contributed by atoms with van der Waals surface area (Å²) in [5.41, 5.74) is 6.34. The molecule has 55 heavy (non-hydrogen) atoms. The van der Waals surface area contributed by atoms with Crippen LogP contribution in [0, 0.1) is 5.82 Å². The number of aromatic amines is 2. The Morgan fingerprint density at radius 3 is 1.75 bits per heavy atom. The highest BCUT2D eigenvalue weighted by atomic mass is 19.1. The molecule has 2 aliphatic heterocycles. The first kappa shape index (κ1) is 35.5. The molecule has 2 fully saturated rings. The van der Waals surface area contributed by atoms with Crippen molar-refractivity contribution in [2.45, 2.75) is 43.8 Å². The summed E-state index contributed by atoms with van der Waals surface area (Å²) in [4.78, 5) is 59.7. The van der Waals surface area contributed by atoms with Crippen LogP contribution < -0.4 is 0 Å². The lowest BCUT2D eigenvalue weighted by atomic mass is 10.0. The number of rotatable bonds is 9. The van der Waals surface area contributed by atoms with Crippen molar-refractivity contribution in [2.24, 2.45) is 0 Å². The van der Waals surface area contributed by atoms with E-state index in [1.54, 1.807) is 58.6 Å². The molecule has 4 aromatic carbocycles. The van der Waals surface area contributed by atoms with Crippen molar-refractivity contribution in [1.82, 2.24) is 34.6 Å². The topological polar surface area (TPSA) is 139 Å². The van der Waals surface area contributed by atoms with Gasteiger partial charge in [0, 0.05) is 20.1 Å². The van der Waals surface area contributed by atoms with Crippen LogP contribution in [0.1, 0.15) is 71.4 Å². The summed E-state index contributed by atoms with van der Waals surface area (Å²) in [5.74, 6) is 0.243. The minimum atomic E-state index is -1.17. The van der Waals surface area contributed by atoms with Crippen LogP contribution >= 0.6 is 0 Å². The number of imidazole rings is 2. The van der Waals surface area contributed by atoms with Crippen molar-refractivity contribution < 1.29 is 23.9 Å². The highest BCUT2D eigenvalue weighted by molar-refractivity contribution is 5.95. The summed E-state index contributed by atoms with van der Waals surface area (Å²) in [5, 5.41) is 9.77. The molecule has 3 N–H and O–H groups in total. The molecule has 11 nitrogen and oxygen atoms in total. The smallest absolute Gasteiger partial charge is 0.407 e. The molecule has 0 bridgehead atoms. The molecule has 278 valence electrons. The molecule has 2 aromatic heterocycles. The maximum atomic E-state index is 14.4. The second kappa shape index (κ2) is 15.1. The summed E-state index contributed by atoms with van der Waals surface area (Å²) < 4.78 is 14.4. The van der Waals surface area contributed by atoms with E-state index in [2.05, 4.69) is 44.2 Å². The summed E-state index contributed by atoms with van der Waals surface area (Å²) >= 11 is 0. The number of nitrogens with one attached hydrogen (secondary N) is 2. The maximum Gasteiger partial charge on any atom is 0.407 e. The van der Waals surface area contributed by atoms with Crippen LogP contribution in [-0.4, -0.2) is 77.8 Å². The first-order valence-corrected chi connectivity index (χ1v) is 18.4. The van der Waals surface area contributed by atoms with Gasteiger partial charge in [0.25, 0.3) is 11.8 Å². The first-order chi connectivity index (χ1) is 26.8. The second-order valence-electron chi connectivity index (χ2n) is 14.1. The van der Waals surface area contributed by atoms with E-state index in [1.807, 2.05) is 30.3 Å². The van der Waals surface area contributed by atoms with E-state index in [4.69, 9.17) is 0 Å². The third-order valence-corrected chi connectivity index (χ3v) is 10.7. The number of nitrogens with zero attached hydrogens (tertiary/aromatic N) is 5. The molecule has 2 aliphatic rings. The monoisotopic (exact) mass is 737 g/mol. The molecule has 0 radical (unpaired) electrons. The summed E-state index contributed by atoms with van der Waals surface area (Å²) in [6.45, 7) is 1.06. The number of carbonyl (C=O) groups is 3. The lowest BCUT2D eigenvalue weighted by molar-refractivity contribution is -0.137. The van der Waals surface area contributed by atoms with Crippen LogP contribution in [0.15, 0.2) is 116 Å². The van der Waals surface area contributed by atoms with Gasteiger partial charge in [-0.1, -0.05) is 91.0 Å². The van der Waals surface area contributed by atoms with Crippen molar-refractivity contribution in [3.8, 4) is 33.6 Å². The zero-order valence-corrected chi connectivity index (χ0v) is 30.2. The molecule has 8 rings (SSSR count). The molecule has 3 amide bonds. The van der Waals surface area contributed by atoms with Gasteiger partial charge in [0.05, 0.1) is 41.4 Å². The van der Waals surface area contributed by atoms with Crippen molar-refractivity contribution in [1.29, 1.82) is 0 Å². The van der Waals surface area contributed by atoms with E-state index in [0.717, 1.165) is 64.2 Å². The van der Waals surface area contributed by atoms with Gasteiger partial charge < -0.3 is 24.9 Å². The molecule has 4 heterocycles. The summed E-state index contributed by atoms with van der Waals surface area (Å²) in [6.07, 6.45) is 5.46. The highest BCUT2D eigenvalue weighted by Crippen LogP contribution is 2.37. The van der Waals surface area contributed by atoms with Gasteiger partial charge in [-0.2, -0.15) is 0 Å². The Balaban J connectivity index is 0.940. The van der Waals surface area contributed by atoms with E-state index >= 15 is 0 Å². The van der Waals surface area contributed by atoms with Crippen LogP contribution in [0.2, 0.25) is 0 Å². The number of likely N-dealkylation sites (N-methyl/N-ethyl adjacent to an activating group) is 1. The lowest BCUT2D eigenvalue weighted by Crippen LogP contribution is -2.43. The number of hydrogen-bond donors (Lipinski definition) is 3. The van der Waals surface area contributed by atoms with E-state index in [1.165, 1.54) is 19.2 Å². The fourth-order valence-corrected chi connectivity index (χ4v) is 7.82. The van der Waals surface area contributed by atoms with Gasteiger partial charge in [-0.3, -0.25) is 14.5 Å². The molecule has 3 atom stereocenters. The standard InChI is InChI=1S/C43H40FN7O4/c1-49(43(54)55)38(31-9-3-2-4-10-31)42(53)51-24-8-14-37(51)40-46-26-35(48-40)30-21-17-28(18-22-30)27-15-19-29(20-16-27)34-25-45-39(47-34)36-13-7-23-50(36)41(52)32-11-5-6-12-33(32)44/h2-6,9-12,15-22,25-26,36-38H,7-8,13-14,23-24H2,1H3,(H,45,47)(H,46,48)(H,54,55)/t36-,37-,38+/m0/s1. The van der Waals surface area contributed by atoms with Gasteiger partial charge >= 0.3 is 6.09 Å². The Morgan fingerprint density at radius 1 is 0.709 bits per heavy atom. The zero-order chi connectivity index (χ0) is 38.1. The van der Waals surface area contributed by atoms with Crippen molar-refractivity contribution >= 4 is 17.9 Å². The predicted octanol–water partition coefficient (Wildman–Crippen LogP) is 8.26. The Kier molecular flexibility index (Phi) is 9.71. The Morgan fingerprint density at radius 2 is 1.20 bits per heavy atom. The van der Waals surface area contributed by atoms with Crippen LogP contribution in [0.4, 0.5) is 9.18 Å². The third kappa shape index (κ3) is 6.98. The molecule has 0 unspecified atom stereocenters. The van der Waals surface area contributed by atoms with E-state index in [-0.39, 0.29) is 29.5 Å². The Bertz CT molecular complexity index is 2320. The number of likely N-dealkylation sites (tertiary alicyclic amines) is 2. The highest BCUT2D eigenvalue weighted by Gasteiger charge is 2.39. The largest absolute Gasteiger partial charge is 0.465 e. The van der Waals surface area contributed by atoms with Gasteiger partial charge in [-0.25, -0.2) is 19.2 Å². The van der Waals surface area contributed by atoms with E-state index < -0.39 is 18.0 Å². The third-order valence-electron chi connectivity index (χ3n) is 10.7. The van der Waals surface area contributed by atoms with Gasteiger partial charge in [0.1, 0.15) is 23.5 Å². The Labute approximate surface area is 317 Å². The maximum absolute atomic E-state index is 14.4. The molecule has 0 saturated carbocycles. The van der Waals surface area contributed by atoms with Gasteiger partial charge in [0.2, 0.25) is 0 Å². The van der Waals surface area contributed by atoms with Crippen LogP contribution in [-0.2, 0) is 4.79 Å². The first-order valence-electron chi connectivity index (χ1n) is 18.4. The molecular weight excluding hydrogens is 698 g/mol. The van der Waals surface area contributed by atoms with Crippen LogP contribution in [0.3, 0.4) is 0 Å². The normalized spacial score (nSPS) is 17.3. The predicted molar refractivity (Wildman–Crippen MR) is 205 cm³/mol. The molecule has 12 heteroatoms. The van der Waals surface area contributed by atoms with Gasteiger partial charge in [0.15, 0.2) is 0 Å². The number of H-pyrrole nitrogens is 2. The van der Waals surface area contributed by atoms with Gasteiger partial charge in [-0.05, 0) is 65.6 Å². The number of amides is 3. The number of halogens is 1. The van der Waals surface area contributed by atoms with Crippen molar-refractivity contribution in [2.75, 3.05) is 20.1 Å². The minimum absolute atomic E-state index is 0.0738. The molecule has 0 spiro atoms. The zero-order valence-electron chi connectivity index (χ0n) is 30.2. The Hall–Kier alpha value is -6.56. The SMILES string of the molecule is CN(C(=O)O)[C@@H](C(=O)N1CCC[C@H]1c1ncc(-c2ccc(-c3ccc(-c4cnc([C@@H]5CCCN5C(=O)c5ccccc5F)[nH]4)cc3)cc2)[nH]1)c1ccccc1. The second-order valence-corrected chi connectivity index (χ2v) is 14.1. The fraction of sp³-hybridized carbons (Fsp3) is 0.233. The van der Waals surface area contributed by atoms with E-state index in [0.29, 0.717) is 30.3 Å². The number of hydrogen-bond acceptors (Lipinski definition) is 5. The molecule has 6 aromatic rings. The van der Waals surface area contributed by atoms with Crippen LogP contribution in [0.25, 0.3) is 33.6 Å². The number of carboxylic acid groups (broad SMARTS) is 1. The number of carbonyl (C=O) groups excluding carboxylic acids is 2. The average molecular weight is 738 g/mol. The fourth-order valence-electron chi connectivity index (χ4n) is 7.82. The summed E-state index contributed by atoms with van der Waals surface area (Å²) in [6, 6.07) is 29.9. The van der Waals surface area contributed by atoms with Crippen molar-refractivity contribution in [3.63, 3.8) is 0 Å². The van der Waals surface area contributed by atoms with E-state index in [9.17, 15) is 23.9 Å². The van der Waals surface area contributed by atoms with Gasteiger partial charge in [-0.15, -0.1) is 0 Å². The average Bonchev–Trinajstić information content (AvgIpc) is 4.05. The molecular formula is C43H40FN7O4.